The molecule has 0 saturated carbocycles. The van der Waals surface area contributed by atoms with Gasteiger partial charge in [0.05, 0.1) is 11.1 Å². The molecule has 2 aromatic rings. The first-order chi connectivity index (χ1) is 17.2. The Kier molecular flexibility index (Phi) is 6.51. The summed E-state index contributed by atoms with van der Waals surface area (Å²) in [6, 6.07) is 11.8. The van der Waals surface area contributed by atoms with Gasteiger partial charge in [-0.25, -0.2) is 9.59 Å². The van der Waals surface area contributed by atoms with Gasteiger partial charge in [0.15, 0.2) is 5.43 Å². The van der Waals surface area contributed by atoms with E-state index in [1.54, 1.807) is 6.92 Å². The molecule has 0 spiro atoms. The quantitative estimate of drug-likeness (QED) is 0.234. The number of carbonyl (C=O) groups is 4. The van der Waals surface area contributed by atoms with Crippen LogP contribution in [0.25, 0.3) is 33.4 Å². The molecule has 1 heterocycles. The molecule has 0 fully saturated rings. The molecule has 0 unspecified atom stereocenters. The molecule has 2 aromatic carbocycles. The number of hydrogen-bond donors (Lipinski definition) is 2. The molecule has 2 aliphatic rings. The number of hydroxylamine groups is 2. The number of phenols is 1. The molecule has 0 aromatic heterocycles. The van der Waals surface area contributed by atoms with Gasteiger partial charge in [0.2, 0.25) is 0 Å². The molecule has 0 saturated heterocycles. The molecule has 1 aliphatic carbocycles. The molecule has 182 valence electrons. The van der Waals surface area contributed by atoms with Crippen molar-refractivity contribution in [2.45, 2.75) is 19.8 Å². The standard InChI is InChI=1S/C26H19NO9/c1-2-3-23(31)27(13-28)36-26(34)14-4-7-17(25(32)33)20(10-14)24-18-8-5-15(29)11-21(18)35-22-12-16(30)6-9-19(22)24/h4-13,29H,2-3H2,1H3,(H,32,33). The zero-order valence-corrected chi connectivity index (χ0v) is 18.9. The van der Waals surface area contributed by atoms with E-state index in [0.717, 1.165) is 0 Å². The number of nitrogens with zero attached hydrogens (tertiary/aromatic N) is 1. The lowest BCUT2D eigenvalue weighted by Gasteiger charge is -2.18. The van der Waals surface area contributed by atoms with Gasteiger partial charge in [-0.15, -0.1) is 5.06 Å². The summed E-state index contributed by atoms with van der Waals surface area (Å²) in [6.07, 6.45) is 0.488. The Morgan fingerprint density at radius 2 is 1.81 bits per heavy atom. The second kappa shape index (κ2) is 9.71. The van der Waals surface area contributed by atoms with Crippen LogP contribution in [-0.2, 0) is 14.4 Å². The third kappa shape index (κ3) is 4.51. The largest absolute Gasteiger partial charge is 0.508 e. The van der Waals surface area contributed by atoms with Crippen molar-refractivity contribution in [3.05, 3.63) is 75.9 Å². The maximum Gasteiger partial charge on any atom is 0.363 e. The van der Waals surface area contributed by atoms with Gasteiger partial charge in [-0.3, -0.25) is 14.4 Å². The summed E-state index contributed by atoms with van der Waals surface area (Å²) in [6.45, 7) is 1.72. The van der Waals surface area contributed by atoms with E-state index >= 15 is 0 Å². The summed E-state index contributed by atoms with van der Waals surface area (Å²) in [5, 5.41) is 20.5. The monoisotopic (exact) mass is 489 g/mol. The van der Waals surface area contributed by atoms with Crippen molar-refractivity contribution in [1.29, 1.82) is 0 Å². The predicted molar refractivity (Wildman–Crippen MR) is 126 cm³/mol. The highest BCUT2D eigenvalue weighted by atomic mass is 16.7. The molecule has 4 rings (SSSR count). The maximum atomic E-state index is 12.8. The number of carboxylic acid groups (broad SMARTS) is 1. The number of carboxylic acids is 1. The highest BCUT2D eigenvalue weighted by Crippen LogP contribution is 2.42. The minimum atomic E-state index is -1.29. The predicted octanol–water partition coefficient (Wildman–Crippen LogP) is 3.83. The third-order valence-electron chi connectivity index (χ3n) is 5.42. The summed E-state index contributed by atoms with van der Waals surface area (Å²) in [5.41, 5.74) is 0.315. The smallest absolute Gasteiger partial charge is 0.363 e. The number of aromatic hydroxyl groups is 1. The Labute approximate surface area is 203 Å². The molecule has 2 N–H and O–H groups in total. The van der Waals surface area contributed by atoms with Gasteiger partial charge in [0.25, 0.3) is 12.3 Å². The van der Waals surface area contributed by atoms with E-state index in [1.165, 1.54) is 54.6 Å². The summed E-state index contributed by atoms with van der Waals surface area (Å²) >= 11 is 0. The van der Waals surface area contributed by atoms with Crippen molar-refractivity contribution in [1.82, 2.24) is 5.06 Å². The van der Waals surface area contributed by atoms with Gasteiger partial charge in [0.1, 0.15) is 17.1 Å². The van der Waals surface area contributed by atoms with Crippen molar-refractivity contribution >= 4 is 35.2 Å². The van der Waals surface area contributed by atoms with E-state index in [-0.39, 0.29) is 52.0 Å². The van der Waals surface area contributed by atoms with Crippen LogP contribution < -0.4 is 5.43 Å². The van der Waals surface area contributed by atoms with Crippen LogP contribution in [0.5, 0.6) is 5.75 Å². The summed E-state index contributed by atoms with van der Waals surface area (Å²) in [7, 11) is 0. The summed E-state index contributed by atoms with van der Waals surface area (Å²) < 4.78 is 5.78. The van der Waals surface area contributed by atoms with E-state index in [1.807, 2.05) is 0 Å². The Morgan fingerprint density at radius 3 is 2.50 bits per heavy atom. The van der Waals surface area contributed by atoms with Crippen molar-refractivity contribution in [3.63, 3.8) is 0 Å². The number of amides is 2. The molecule has 0 radical (unpaired) electrons. The molecule has 10 heteroatoms. The van der Waals surface area contributed by atoms with Gasteiger partial charge < -0.3 is 19.5 Å². The average molecular weight is 489 g/mol. The molecule has 2 amide bonds. The Hall–Kier alpha value is -4.99. The van der Waals surface area contributed by atoms with Gasteiger partial charge in [-0.05, 0) is 54.4 Å². The lowest BCUT2D eigenvalue weighted by atomic mass is 9.89. The van der Waals surface area contributed by atoms with E-state index in [2.05, 4.69) is 0 Å². The van der Waals surface area contributed by atoms with Crippen LogP contribution in [0.15, 0.2) is 63.8 Å². The van der Waals surface area contributed by atoms with Crippen LogP contribution in [0.3, 0.4) is 0 Å². The van der Waals surface area contributed by atoms with Crippen molar-refractivity contribution in [2.75, 3.05) is 0 Å². The topological polar surface area (TPSA) is 151 Å². The maximum absolute atomic E-state index is 12.8. The number of hydrogen-bond acceptors (Lipinski definition) is 8. The van der Waals surface area contributed by atoms with Crippen LogP contribution in [0.4, 0.5) is 0 Å². The van der Waals surface area contributed by atoms with Gasteiger partial charge in [-0.2, -0.15) is 0 Å². The Morgan fingerprint density at radius 1 is 1.03 bits per heavy atom. The van der Waals surface area contributed by atoms with Crippen LogP contribution in [0.2, 0.25) is 0 Å². The number of carbonyl (C=O) groups excluding carboxylic acids is 3. The SMILES string of the molecule is CCCC(=O)N(C=O)OC(=O)c1ccc(C(=O)O)c(-c2c3ccc(=O)cc-3oc3cc(O)ccc23)c1. The Balaban J connectivity index is 1.94. The normalized spacial score (nSPS) is 10.8. The van der Waals surface area contributed by atoms with Gasteiger partial charge in [0, 0.05) is 35.1 Å². The van der Waals surface area contributed by atoms with Crippen LogP contribution in [-0.4, -0.2) is 39.5 Å². The second-order valence-electron chi connectivity index (χ2n) is 7.83. The highest BCUT2D eigenvalue weighted by Gasteiger charge is 2.25. The molecule has 0 bridgehead atoms. The average Bonchev–Trinajstić information content (AvgIpc) is 2.85. The Bertz CT molecular complexity index is 1550. The van der Waals surface area contributed by atoms with E-state index < -0.39 is 17.8 Å². The molecule has 36 heavy (non-hydrogen) atoms. The molecule has 10 nitrogen and oxygen atoms in total. The van der Waals surface area contributed by atoms with Crippen LogP contribution in [0, 0.1) is 0 Å². The van der Waals surface area contributed by atoms with E-state index in [0.29, 0.717) is 28.0 Å². The van der Waals surface area contributed by atoms with Gasteiger partial charge >= 0.3 is 11.9 Å². The fourth-order valence-corrected chi connectivity index (χ4v) is 3.81. The van der Waals surface area contributed by atoms with E-state index in [9.17, 15) is 34.2 Å². The molecule has 1 aliphatic heterocycles. The van der Waals surface area contributed by atoms with Crippen LogP contribution in [0.1, 0.15) is 40.5 Å². The van der Waals surface area contributed by atoms with Crippen molar-refractivity contribution < 1.29 is 38.6 Å². The zero-order valence-electron chi connectivity index (χ0n) is 18.9. The fourth-order valence-electron chi connectivity index (χ4n) is 3.81. The van der Waals surface area contributed by atoms with E-state index in [4.69, 9.17) is 9.25 Å². The summed E-state index contributed by atoms with van der Waals surface area (Å²) in [4.78, 5) is 65.1. The lowest BCUT2D eigenvalue weighted by Crippen LogP contribution is -2.32. The first kappa shape index (κ1) is 24.1. The summed E-state index contributed by atoms with van der Waals surface area (Å²) in [5.74, 6) is -3.04. The minimum Gasteiger partial charge on any atom is -0.508 e. The number of imide groups is 1. The molecular weight excluding hydrogens is 470 g/mol. The highest BCUT2D eigenvalue weighted by molar-refractivity contribution is 6.09. The lowest BCUT2D eigenvalue weighted by molar-refractivity contribution is -0.171. The third-order valence-corrected chi connectivity index (χ3v) is 5.42. The number of benzene rings is 3. The van der Waals surface area contributed by atoms with Gasteiger partial charge in [-0.1, -0.05) is 6.92 Å². The molecular formula is C26H19NO9. The number of fused-ring (bicyclic) bond motifs is 2. The first-order valence-corrected chi connectivity index (χ1v) is 10.8. The van der Waals surface area contributed by atoms with Crippen LogP contribution >= 0.6 is 0 Å². The molecule has 0 atom stereocenters. The van der Waals surface area contributed by atoms with Crippen molar-refractivity contribution in [2.24, 2.45) is 0 Å². The second-order valence-corrected chi connectivity index (χ2v) is 7.83. The number of phenolic OH excluding ortho intramolecular Hbond substituents is 1. The number of aromatic carboxylic acids is 1. The number of rotatable bonds is 6. The zero-order chi connectivity index (χ0) is 26.0. The minimum absolute atomic E-state index is 0.0186. The fraction of sp³-hybridized carbons (Fsp3) is 0.115. The first-order valence-electron chi connectivity index (χ1n) is 10.8. The van der Waals surface area contributed by atoms with Crippen molar-refractivity contribution in [3.8, 4) is 28.2 Å².